The highest BCUT2D eigenvalue weighted by molar-refractivity contribution is 5.95. The number of aryl methyl sites for hydroxylation is 2. The minimum absolute atomic E-state index is 0.0456. The fraction of sp³-hybridized carbons (Fsp3) is 0.235. The molecule has 0 aliphatic carbocycles. The Morgan fingerprint density at radius 2 is 2.05 bits per heavy atom. The normalized spacial score (nSPS) is 10.3. The second-order valence-corrected chi connectivity index (χ2v) is 4.90. The van der Waals surface area contributed by atoms with Crippen molar-refractivity contribution in [2.24, 2.45) is 7.05 Å². The molecule has 1 heterocycles. The van der Waals surface area contributed by atoms with E-state index in [1.165, 1.54) is 0 Å². The number of carbonyl (C=O) groups excluding carboxylic acids is 1. The first kappa shape index (κ1) is 14.1. The van der Waals surface area contributed by atoms with Crippen LogP contribution in [0, 0.1) is 6.92 Å². The molecule has 0 fully saturated rings. The zero-order valence-corrected chi connectivity index (χ0v) is 12.0. The van der Waals surface area contributed by atoms with Gasteiger partial charge in [-0.25, -0.2) is 0 Å². The predicted molar refractivity (Wildman–Crippen MR) is 81.5 cm³/mol. The van der Waals surface area contributed by atoms with Crippen molar-refractivity contribution in [3.05, 3.63) is 72.1 Å². The van der Waals surface area contributed by atoms with Crippen LogP contribution in [0.1, 0.15) is 21.6 Å². The molecule has 1 amide bonds. The number of benzene rings is 1. The van der Waals surface area contributed by atoms with Gasteiger partial charge in [0, 0.05) is 31.0 Å². The van der Waals surface area contributed by atoms with Gasteiger partial charge in [0.15, 0.2) is 0 Å². The molecule has 0 spiro atoms. The second kappa shape index (κ2) is 6.24. The van der Waals surface area contributed by atoms with Crippen LogP contribution in [0.25, 0.3) is 0 Å². The minimum atomic E-state index is 0.0456. The van der Waals surface area contributed by atoms with Gasteiger partial charge in [-0.3, -0.25) is 4.79 Å². The van der Waals surface area contributed by atoms with Gasteiger partial charge in [0.1, 0.15) is 0 Å². The summed E-state index contributed by atoms with van der Waals surface area (Å²) < 4.78 is 2.03. The summed E-state index contributed by atoms with van der Waals surface area (Å²) in [7, 11) is 1.99. The number of nitrogens with zero attached hydrogens (tertiary/aromatic N) is 2. The predicted octanol–water partition coefficient (Wildman–Crippen LogP) is 3.16. The average molecular weight is 268 g/mol. The smallest absolute Gasteiger partial charge is 0.254 e. The Morgan fingerprint density at radius 3 is 2.65 bits per heavy atom. The van der Waals surface area contributed by atoms with Gasteiger partial charge in [-0.2, -0.15) is 0 Å². The summed E-state index contributed by atoms with van der Waals surface area (Å²) >= 11 is 0. The first-order valence-corrected chi connectivity index (χ1v) is 6.69. The van der Waals surface area contributed by atoms with E-state index in [1.54, 1.807) is 6.08 Å². The van der Waals surface area contributed by atoms with Crippen molar-refractivity contribution in [3.63, 3.8) is 0 Å². The van der Waals surface area contributed by atoms with Crippen molar-refractivity contribution in [1.82, 2.24) is 9.47 Å². The molecular weight excluding hydrogens is 248 g/mol. The summed E-state index contributed by atoms with van der Waals surface area (Å²) in [4.78, 5) is 14.5. The molecule has 2 rings (SSSR count). The van der Waals surface area contributed by atoms with E-state index in [2.05, 4.69) is 6.58 Å². The maximum absolute atomic E-state index is 12.7. The molecule has 0 radical (unpaired) electrons. The Kier molecular flexibility index (Phi) is 4.41. The zero-order valence-electron chi connectivity index (χ0n) is 12.0. The summed E-state index contributed by atoms with van der Waals surface area (Å²) in [5.41, 5.74) is 2.86. The highest BCUT2D eigenvalue weighted by atomic mass is 16.2. The molecule has 0 aliphatic rings. The van der Waals surface area contributed by atoms with Crippen LogP contribution >= 0.6 is 0 Å². The molecule has 0 atom stereocenters. The van der Waals surface area contributed by atoms with Gasteiger partial charge in [0.05, 0.1) is 6.54 Å². The number of hydrogen-bond acceptors (Lipinski definition) is 1. The summed E-state index contributed by atoms with van der Waals surface area (Å²) in [5.74, 6) is 0.0456. The van der Waals surface area contributed by atoms with Crippen LogP contribution in [0.5, 0.6) is 0 Å². The lowest BCUT2D eigenvalue weighted by Gasteiger charge is -2.22. The first-order chi connectivity index (χ1) is 9.63. The number of carbonyl (C=O) groups is 1. The largest absolute Gasteiger partial charge is 0.353 e. The quantitative estimate of drug-likeness (QED) is 0.765. The Labute approximate surface area is 120 Å². The topological polar surface area (TPSA) is 25.2 Å². The van der Waals surface area contributed by atoms with Crippen molar-refractivity contribution in [2.75, 3.05) is 6.54 Å². The Balaban J connectivity index is 2.24. The summed E-state index contributed by atoms with van der Waals surface area (Å²) in [5, 5.41) is 0. The molecular formula is C17H20N2O. The molecule has 0 bridgehead atoms. The molecule has 2 aromatic rings. The van der Waals surface area contributed by atoms with E-state index in [0.717, 1.165) is 16.8 Å². The Hall–Kier alpha value is -2.29. The fourth-order valence-corrected chi connectivity index (χ4v) is 2.21. The van der Waals surface area contributed by atoms with Crippen LogP contribution in [-0.2, 0) is 13.6 Å². The van der Waals surface area contributed by atoms with E-state index in [4.69, 9.17) is 0 Å². The van der Waals surface area contributed by atoms with Gasteiger partial charge in [-0.15, -0.1) is 6.58 Å². The lowest BCUT2D eigenvalue weighted by molar-refractivity contribution is 0.0759. The van der Waals surface area contributed by atoms with Gasteiger partial charge in [-0.05, 0) is 30.7 Å². The van der Waals surface area contributed by atoms with Crippen LogP contribution in [-0.4, -0.2) is 21.9 Å². The monoisotopic (exact) mass is 268 g/mol. The van der Waals surface area contributed by atoms with Gasteiger partial charge >= 0.3 is 0 Å². The van der Waals surface area contributed by atoms with E-state index >= 15 is 0 Å². The van der Waals surface area contributed by atoms with Gasteiger partial charge in [0.2, 0.25) is 0 Å². The van der Waals surface area contributed by atoms with E-state index in [-0.39, 0.29) is 5.91 Å². The Morgan fingerprint density at radius 1 is 1.30 bits per heavy atom. The minimum Gasteiger partial charge on any atom is -0.353 e. The highest BCUT2D eigenvalue weighted by Crippen LogP contribution is 2.13. The van der Waals surface area contributed by atoms with Crippen LogP contribution in [0.15, 0.2) is 55.3 Å². The molecule has 1 aromatic carbocycles. The number of aromatic nitrogens is 1. The molecule has 0 saturated heterocycles. The number of amides is 1. The molecule has 1 aromatic heterocycles. The lowest BCUT2D eigenvalue weighted by atomic mass is 10.1. The van der Waals surface area contributed by atoms with Crippen molar-refractivity contribution in [3.8, 4) is 0 Å². The first-order valence-electron chi connectivity index (χ1n) is 6.69. The standard InChI is InChI=1S/C17H20N2O/c1-4-11-19(13-15-9-7-12-18(15)3)17(20)16-10-6-5-8-14(16)2/h4-10,12H,1,11,13H2,2-3H3. The second-order valence-electron chi connectivity index (χ2n) is 4.90. The maximum Gasteiger partial charge on any atom is 0.254 e. The summed E-state index contributed by atoms with van der Waals surface area (Å²) in [6, 6.07) is 11.7. The van der Waals surface area contributed by atoms with Gasteiger partial charge < -0.3 is 9.47 Å². The summed E-state index contributed by atoms with van der Waals surface area (Å²) in [6.07, 6.45) is 3.75. The molecule has 3 nitrogen and oxygen atoms in total. The van der Waals surface area contributed by atoms with Crippen molar-refractivity contribution >= 4 is 5.91 Å². The summed E-state index contributed by atoms with van der Waals surface area (Å²) in [6.45, 7) is 6.84. The Bertz CT molecular complexity index is 613. The highest BCUT2D eigenvalue weighted by Gasteiger charge is 2.17. The van der Waals surface area contributed by atoms with E-state index < -0.39 is 0 Å². The van der Waals surface area contributed by atoms with Crippen molar-refractivity contribution < 1.29 is 4.79 Å². The average Bonchev–Trinajstić information content (AvgIpc) is 2.84. The zero-order chi connectivity index (χ0) is 14.5. The third-order valence-corrected chi connectivity index (χ3v) is 3.42. The van der Waals surface area contributed by atoms with Crippen LogP contribution in [0.4, 0.5) is 0 Å². The number of rotatable bonds is 5. The van der Waals surface area contributed by atoms with Gasteiger partial charge in [0.25, 0.3) is 5.91 Å². The molecule has 104 valence electrons. The van der Waals surface area contributed by atoms with Crippen molar-refractivity contribution in [2.45, 2.75) is 13.5 Å². The third-order valence-electron chi connectivity index (χ3n) is 3.42. The lowest BCUT2D eigenvalue weighted by Crippen LogP contribution is -2.31. The van der Waals surface area contributed by atoms with Crippen LogP contribution in [0.3, 0.4) is 0 Å². The molecule has 0 saturated carbocycles. The molecule has 0 aliphatic heterocycles. The van der Waals surface area contributed by atoms with Gasteiger partial charge in [-0.1, -0.05) is 24.3 Å². The van der Waals surface area contributed by atoms with Crippen LogP contribution < -0.4 is 0 Å². The SMILES string of the molecule is C=CCN(Cc1cccn1C)C(=O)c1ccccc1C. The molecule has 3 heteroatoms. The molecule has 20 heavy (non-hydrogen) atoms. The van der Waals surface area contributed by atoms with E-state index in [9.17, 15) is 4.79 Å². The maximum atomic E-state index is 12.7. The van der Waals surface area contributed by atoms with E-state index in [1.807, 2.05) is 66.0 Å². The molecule has 0 unspecified atom stereocenters. The van der Waals surface area contributed by atoms with E-state index in [0.29, 0.717) is 13.1 Å². The fourth-order valence-electron chi connectivity index (χ4n) is 2.21. The molecule has 0 N–H and O–H groups in total. The van der Waals surface area contributed by atoms with Crippen molar-refractivity contribution in [1.29, 1.82) is 0 Å². The van der Waals surface area contributed by atoms with Crippen LogP contribution in [0.2, 0.25) is 0 Å². The third kappa shape index (κ3) is 2.99. The number of hydrogen-bond donors (Lipinski definition) is 0.